The first-order valence-electron chi connectivity index (χ1n) is 10.7. The number of para-hydroxylation sites is 2. The molecule has 2 aromatic carbocycles. The minimum absolute atomic E-state index is 0.0840. The van der Waals surface area contributed by atoms with Crippen molar-refractivity contribution in [1.29, 1.82) is 0 Å². The van der Waals surface area contributed by atoms with Crippen molar-refractivity contribution >= 4 is 28.8 Å². The van der Waals surface area contributed by atoms with Crippen LogP contribution in [0.2, 0.25) is 0 Å². The molecule has 156 valence electrons. The van der Waals surface area contributed by atoms with E-state index in [1.54, 1.807) is 0 Å². The smallest absolute Gasteiger partial charge is 0.257 e. The van der Waals surface area contributed by atoms with Crippen molar-refractivity contribution in [2.24, 2.45) is 5.92 Å². The van der Waals surface area contributed by atoms with Crippen molar-refractivity contribution in [2.75, 3.05) is 12.3 Å². The van der Waals surface area contributed by atoms with E-state index >= 15 is 0 Å². The molecule has 0 spiro atoms. The summed E-state index contributed by atoms with van der Waals surface area (Å²) in [6, 6.07) is 17.7. The van der Waals surface area contributed by atoms with Gasteiger partial charge in [0.05, 0.1) is 11.4 Å². The number of hydrogen-bond donors (Lipinski definition) is 1. The van der Waals surface area contributed by atoms with E-state index in [1.807, 2.05) is 59.5 Å². The topological polar surface area (TPSA) is 66.6 Å². The van der Waals surface area contributed by atoms with Crippen LogP contribution in [0.4, 0.5) is 0 Å². The fourth-order valence-electron chi connectivity index (χ4n) is 5.20. The van der Waals surface area contributed by atoms with E-state index in [0.717, 1.165) is 42.3 Å². The van der Waals surface area contributed by atoms with E-state index in [1.165, 1.54) is 11.8 Å². The first-order chi connectivity index (χ1) is 14.6. The van der Waals surface area contributed by atoms with Crippen molar-refractivity contribution < 1.29 is 14.3 Å². The third kappa shape index (κ3) is 3.52. The molecule has 2 heterocycles. The number of benzene rings is 2. The van der Waals surface area contributed by atoms with Crippen LogP contribution in [0, 0.1) is 5.92 Å². The predicted molar refractivity (Wildman–Crippen MR) is 117 cm³/mol. The second-order valence-electron chi connectivity index (χ2n) is 8.32. The van der Waals surface area contributed by atoms with Crippen molar-refractivity contribution in [3.8, 4) is 0 Å². The largest absolute Gasteiger partial charge is 0.431 e. The second-order valence-corrected chi connectivity index (χ2v) is 9.25. The van der Waals surface area contributed by atoms with Crippen LogP contribution in [0.1, 0.15) is 37.7 Å². The molecule has 1 aliphatic carbocycles. The first kappa shape index (κ1) is 19.6. The number of nitrogens with zero attached hydrogens (tertiary/aromatic N) is 2. The van der Waals surface area contributed by atoms with Crippen LogP contribution >= 0.6 is 11.8 Å². The summed E-state index contributed by atoms with van der Waals surface area (Å²) >= 11 is 1.35. The minimum atomic E-state index is -0.851. The number of hydrogen-bond acceptors (Lipinski definition) is 5. The molecular weight excluding hydrogens is 396 g/mol. The number of fused-ring (bicyclic) bond motifs is 2. The minimum Gasteiger partial charge on any atom is -0.431 e. The van der Waals surface area contributed by atoms with Crippen molar-refractivity contribution in [3.63, 3.8) is 0 Å². The summed E-state index contributed by atoms with van der Waals surface area (Å²) in [4.78, 5) is 19.6. The SMILES string of the molecule is O=C(CSc1nc2ccccc2o1)N1CCC(O)(c2ccccc2)[C@@H]2CCCC[C@@H]21. The molecule has 1 N–H and O–H groups in total. The lowest BCUT2D eigenvalue weighted by atomic mass is 9.66. The van der Waals surface area contributed by atoms with E-state index in [-0.39, 0.29) is 17.9 Å². The van der Waals surface area contributed by atoms with Crippen molar-refractivity contribution in [2.45, 2.75) is 49.0 Å². The monoisotopic (exact) mass is 422 g/mol. The normalized spacial score (nSPS) is 26.5. The zero-order valence-electron chi connectivity index (χ0n) is 16.9. The molecule has 3 atom stereocenters. The average Bonchev–Trinajstić information content (AvgIpc) is 3.22. The van der Waals surface area contributed by atoms with Crippen LogP contribution in [0.5, 0.6) is 0 Å². The van der Waals surface area contributed by atoms with Gasteiger partial charge in [0.25, 0.3) is 5.22 Å². The summed E-state index contributed by atoms with van der Waals surface area (Å²) in [5.74, 6) is 0.495. The molecule has 2 aliphatic rings. The summed E-state index contributed by atoms with van der Waals surface area (Å²) in [7, 11) is 0. The lowest BCUT2D eigenvalue weighted by Gasteiger charge is -2.52. The Balaban J connectivity index is 1.31. The van der Waals surface area contributed by atoms with Gasteiger partial charge in [-0.15, -0.1) is 0 Å². The van der Waals surface area contributed by atoms with Gasteiger partial charge in [-0.25, -0.2) is 4.98 Å². The number of thioether (sulfide) groups is 1. The summed E-state index contributed by atoms with van der Waals surface area (Å²) < 4.78 is 5.74. The van der Waals surface area contributed by atoms with Crippen LogP contribution in [-0.2, 0) is 10.4 Å². The molecule has 3 aromatic rings. The fraction of sp³-hybridized carbons (Fsp3) is 0.417. The first-order valence-corrected chi connectivity index (χ1v) is 11.7. The van der Waals surface area contributed by atoms with Gasteiger partial charge in [0, 0.05) is 18.5 Å². The summed E-state index contributed by atoms with van der Waals surface area (Å²) in [6.45, 7) is 0.583. The number of piperidine rings is 1. The van der Waals surface area contributed by atoms with Crippen LogP contribution in [0.3, 0.4) is 0 Å². The molecule has 1 aromatic heterocycles. The Morgan fingerprint density at radius 3 is 2.73 bits per heavy atom. The van der Waals surface area contributed by atoms with Crippen LogP contribution in [0.25, 0.3) is 11.1 Å². The molecule has 5 nitrogen and oxygen atoms in total. The third-order valence-electron chi connectivity index (χ3n) is 6.66. The van der Waals surface area contributed by atoms with Crippen LogP contribution < -0.4 is 0 Å². The average molecular weight is 423 g/mol. The van der Waals surface area contributed by atoms with Gasteiger partial charge in [-0.3, -0.25) is 4.79 Å². The number of amides is 1. The van der Waals surface area contributed by atoms with E-state index in [0.29, 0.717) is 23.9 Å². The van der Waals surface area contributed by atoms with Crippen LogP contribution in [-0.4, -0.2) is 39.2 Å². The zero-order chi connectivity index (χ0) is 20.6. The second kappa shape index (κ2) is 8.08. The van der Waals surface area contributed by atoms with E-state index in [2.05, 4.69) is 4.98 Å². The standard InChI is InChI=1S/C24H26N2O3S/c27-22(16-30-23-25-19-11-5-7-13-21(19)29-23)26-15-14-24(28,17-8-2-1-3-9-17)18-10-4-6-12-20(18)26/h1-3,5,7-9,11,13,18,20,28H,4,6,10,12,14-16H2/t18-,20+,24?/m1/s1. The Hall–Kier alpha value is -2.31. The highest BCUT2D eigenvalue weighted by atomic mass is 32.2. The number of rotatable bonds is 4. The molecule has 5 rings (SSSR count). The number of likely N-dealkylation sites (tertiary alicyclic amines) is 1. The van der Waals surface area contributed by atoms with Gasteiger partial charge in [-0.05, 0) is 37.0 Å². The molecular formula is C24H26N2O3S. The van der Waals surface area contributed by atoms with Crippen LogP contribution in [0.15, 0.2) is 64.2 Å². The Kier molecular flexibility index (Phi) is 5.29. The van der Waals surface area contributed by atoms with Gasteiger partial charge in [0.15, 0.2) is 5.58 Å². The predicted octanol–water partition coefficient (Wildman–Crippen LogP) is 4.60. The highest BCUT2D eigenvalue weighted by Crippen LogP contribution is 2.47. The Labute approximate surface area is 180 Å². The molecule has 1 saturated heterocycles. The summed E-state index contributed by atoms with van der Waals surface area (Å²) in [5, 5.41) is 12.2. The van der Waals surface area contributed by atoms with E-state index in [9.17, 15) is 9.90 Å². The summed E-state index contributed by atoms with van der Waals surface area (Å²) in [6.07, 6.45) is 4.71. The molecule has 1 saturated carbocycles. The van der Waals surface area contributed by atoms with Gasteiger partial charge in [0.1, 0.15) is 5.52 Å². The fourth-order valence-corrected chi connectivity index (χ4v) is 5.92. The molecule has 2 fully saturated rings. The van der Waals surface area contributed by atoms with Crippen molar-refractivity contribution in [1.82, 2.24) is 9.88 Å². The Morgan fingerprint density at radius 1 is 1.13 bits per heavy atom. The Bertz CT molecular complexity index is 1000. The van der Waals surface area contributed by atoms with Gasteiger partial charge in [-0.1, -0.05) is 67.1 Å². The Morgan fingerprint density at radius 2 is 1.90 bits per heavy atom. The highest BCUT2D eigenvalue weighted by Gasteiger charge is 2.50. The zero-order valence-corrected chi connectivity index (χ0v) is 17.7. The molecule has 0 radical (unpaired) electrons. The molecule has 1 aliphatic heterocycles. The van der Waals surface area contributed by atoms with Gasteiger partial charge < -0.3 is 14.4 Å². The van der Waals surface area contributed by atoms with Gasteiger partial charge in [0.2, 0.25) is 5.91 Å². The molecule has 1 unspecified atom stereocenters. The molecule has 1 amide bonds. The molecule has 6 heteroatoms. The van der Waals surface area contributed by atoms with Gasteiger partial charge in [-0.2, -0.15) is 0 Å². The number of carbonyl (C=O) groups excluding carboxylic acids is 1. The maximum Gasteiger partial charge on any atom is 0.257 e. The number of oxazole rings is 1. The number of aromatic nitrogens is 1. The molecule has 0 bridgehead atoms. The number of aliphatic hydroxyl groups is 1. The lowest BCUT2D eigenvalue weighted by Crippen LogP contribution is -2.59. The maximum atomic E-state index is 13.1. The third-order valence-corrected chi connectivity index (χ3v) is 7.48. The van der Waals surface area contributed by atoms with Gasteiger partial charge >= 0.3 is 0 Å². The summed E-state index contributed by atoms with van der Waals surface area (Å²) in [5.41, 5.74) is 1.68. The van der Waals surface area contributed by atoms with E-state index < -0.39 is 5.60 Å². The molecule has 30 heavy (non-hydrogen) atoms. The maximum absolute atomic E-state index is 13.1. The lowest BCUT2D eigenvalue weighted by molar-refractivity contribution is -0.152. The quantitative estimate of drug-likeness (QED) is 0.623. The van der Waals surface area contributed by atoms with E-state index in [4.69, 9.17) is 4.42 Å². The highest BCUT2D eigenvalue weighted by molar-refractivity contribution is 7.99. The number of carbonyl (C=O) groups is 1. The van der Waals surface area contributed by atoms with Crippen molar-refractivity contribution in [3.05, 3.63) is 60.2 Å².